The average Bonchev–Trinajstić information content (AvgIpc) is 2.19. The van der Waals surface area contributed by atoms with Gasteiger partial charge in [-0.15, -0.1) is 0 Å². The molecular formula is C11H9Cl2FOS. The molecule has 86 valence electrons. The highest BCUT2D eigenvalue weighted by Crippen LogP contribution is 2.25. The molecule has 0 atom stereocenters. The smallest absolute Gasteiger partial charge is 0.186 e. The second-order valence-electron chi connectivity index (χ2n) is 3.00. The largest absolute Gasteiger partial charge is 0.288 e. The second kappa shape index (κ2) is 6.28. The van der Waals surface area contributed by atoms with Gasteiger partial charge in [0.1, 0.15) is 5.82 Å². The predicted octanol–water partition coefficient (Wildman–Crippen LogP) is 4.43. The lowest BCUT2D eigenvalue weighted by Gasteiger charge is -2.00. The van der Waals surface area contributed by atoms with E-state index in [1.165, 1.54) is 18.7 Å². The number of rotatable bonds is 3. The van der Waals surface area contributed by atoms with Crippen LogP contribution in [-0.2, 0) is 4.79 Å². The van der Waals surface area contributed by atoms with E-state index in [0.29, 0.717) is 16.3 Å². The first-order valence-electron chi connectivity index (χ1n) is 4.45. The summed E-state index contributed by atoms with van der Waals surface area (Å²) >= 11 is 12.6. The maximum atomic E-state index is 13.2. The quantitative estimate of drug-likeness (QED) is 0.761. The minimum Gasteiger partial charge on any atom is -0.288 e. The highest BCUT2D eigenvalue weighted by molar-refractivity contribution is 8.13. The van der Waals surface area contributed by atoms with Gasteiger partial charge in [-0.05, 0) is 17.7 Å². The fraction of sp³-hybridized carbons (Fsp3) is 0.182. The van der Waals surface area contributed by atoms with E-state index in [0.717, 1.165) is 6.07 Å². The Labute approximate surface area is 108 Å². The van der Waals surface area contributed by atoms with Crippen molar-refractivity contribution in [1.29, 1.82) is 0 Å². The third kappa shape index (κ3) is 4.16. The molecule has 0 spiro atoms. The number of carbonyl (C=O) groups excluding carboxylic acids is 1. The first-order valence-corrected chi connectivity index (χ1v) is 6.19. The Hall–Kier alpha value is -0.510. The molecule has 5 heteroatoms. The van der Waals surface area contributed by atoms with Gasteiger partial charge in [0, 0.05) is 17.7 Å². The summed E-state index contributed by atoms with van der Waals surface area (Å²) in [6, 6.07) is 2.73. The molecule has 0 aromatic heterocycles. The summed E-state index contributed by atoms with van der Waals surface area (Å²) in [4.78, 5) is 10.7. The molecule has 0 saturated carbocycles. The first kappa shape index (κ1) is 13.6. The van der Waals surface area contributed by atoms with Gasteiger partial charge in [0.25, 0.3) is 0 Å². The molecule has 0 aliphatic carbocycles. The molecule has 1 aromatic rings. The zero-order valence-corrected chi connectivity index (χ0v) is 10.8. The maximum Gasteiger partial charge on any atom is 0.186 e. The van der Waals surface area contributed by atoms with E-state index in [2.05, 4.69) is 0 Å². The Morgan fingerprint density at radius 3 is 2.81 bits per heavy atom. The van der Waals surface area contributed by atoms with Gasteiger partial charge in [-0.2, -0.15) is 0 Å². The van der Waals surface area contributed by atoms with E-state index in [9.17, 15) is 9.18 Å². The molecule has 0 aliphatic heterocycles. The van der Waals surface area contributed by atoms with Crippen molar-refractivity contribution in [2.24, 2.45) is 0 Å². The van der Waals surface area contributed by atoms with E-state index in [4.69, 9.17) is 23.2 Å². The fourth-order valence-electron chi connectivity index (χ4n) is 1.04. The van der Waals surface area contributed by atoms with Crippen LogP contribution in [-0.4, -0.2) is 10.9 Å². The lowest BCUT2D eigenvalue weighted by molar-refractivity contribution is -0.109. The van der Waals surface area contributed by atoms with Crippen molar-refractivity contribution in [2.75, 3.05) is 5.75 Å². The van der Waals surface area contributed by atoms with Gasteiger partial charge in [-0.1, -0.05) is 47.1 Å². The standard InChI is InChI=1S/C11H9Cl2FOS/c1-7(15)16-4-2-3-8-5-9(12)6-10(14)11(8)13/h2-3,5-6H,4H2,1H3. The van der Waals surface area contributed by atoms with Crippen molar-refractivity contribution < 1.29 is 9.18 Å². The van der Waals surface area contributed by atoms with Crippen molar-refractivity contribution in [3.8, 4) is 0 Å². The molecular weight excluding hydrogens is 270 g/mol. The minimum absolute atomic E-state index is 0.0352. The molecule has 16 heavy (non-hydrogen) atoms. The molecule has 0 N–H and O–H groups in total. The number of halogens is 3. The fourth-order valence-corrected chi connectivity index (χ4v) is 1.85. The van der Waals surface area contributed by atoms with Crippen molar-refractivity contribution in [3.05, 3.63) is 39.6 Å². The molecule has 0 amide bonds. The number of carbonyl (C=O) groups is 1. The Morgan fingerprint density at radius 1 is 1.50 bits per heavy atom. The van der Waals surface area contributed by atoms with E-state index >= 15 is 0 Å². The number of benzene rings is 1. The van der Waals surface area contributed by atoms with Crippen LogP contribution in [0.3, 0.4) is 0 Å². The summed E-state index contributed by atoms with van der Waals surface area (Å²) in [5.74, 6) is -0.0205. The highest BCUT2D eigenvalue weighted by atomic mass is 35.5. The molecule has 1 rings (SSSR count). The van der Waals surface area contributed by atoms with Crippen molar-refractivity contribution in [2.45, 2.75) is 6.92 Å². The first-order chi connectivity index (χ1) is 7.50. The number of thioether (sulfide) groups is 1. The maximum absolute atomic E-state index is 13.2. The van der Waals surface area contributed by atoms with Gasteiger partial charge in [-0.25, -0.2) is 4.39 Å². The van der Waals surface area contributed by atoms with Gasteiger partial charge in [0.2, 0.25) is 0 Å². The van der Waals surface area contributed by atoms with E-state index in [1.54, 1.807) is 18.2 Å². The Kier molecular flexibility index (Phi) is 5.32. The summed E-state index contributed by atoms with van der Waals surface area (Å²) in [7, 11) is 0. The van der Waals surface area contributed by atoms with Crippen LogP contribution in [0.4, 0.5) is 4.39 Å². The summed E-state index contributed by atoms with van der Waals surface area (Å²) in [6.45, 7) is 1.49. The molecule has 0 bridgehead atoms. The monoisotopic (exact) mass is 278 g/mol. The molecule has 0 radical (unpaired) electrons. The van der Waals surface area contributed by atoms with Gasteiger partial charge >= 0.3 is 0 Å². The SMILES string of the molecule is CC(=O)SCC=Cc1cc(Cl)cc(F)c1Cl. The molecule has 0 heterocycles. The van der Waals surface area contributed by atoms with Crippen LogP contribution in [0, 0.1) is 5.82 Å². The molecule has 1 nitrogen and oxygen atoms in total. The van der Waals surface area contributed by atoms with Crippen LogP contribution in [0.15, 0.2) is 18.2 Å². The predicted molar refractivity (Wildman–Crippen MR) is 68.6 cm³/mol. The van der Waals surface area contributed by atoms with Crippen molar-refractivity contribution in [3.63, 3.8) is 0 Å². The van der Waals surface area contributed by atoms with Gasteiger partial charge in [-0.3, -0.25) is 4.79 Å². The molecule has 1 aromatic carbocycles. The number of hydrogen-bond donors (Lipinski definition) is 0. The topological polar surface area (TPSA) is 17.1 Å². The Bertz CT molecular complexity index is 432. The summed E-state index contributed by atoms with van der Waals surface area (Å²) < 4.78 is 13.2. The summed E-state index contributed by atoms with van der Waals surface area (Å²) in [6.07, 6.45) is 3.39. The van der Waals surface area contributed by atoms with Crippen LogP contribution in [0.2, 0.25) is 10.0 Å². The van der Waals surface area contributed by atoms with Crippen LogP contribution >= 0.6 is 35.0 Å². The minimum atomic E-state index is -0.548. The lowest BCUT2D eigenvalue weighted by atomic mass is 10.2. The lowest BCUT2D eigenvalue weighted by Crippen LogP contribution is -1.84. The molecule has 0 aliphatic rings. The van der Waals surface area contributed by atoms with E-state index in [-0.39, 0.29) is 10.1 Å². The third-order valence-corrected chi connectivity index (χ3v) is 3.08. The molecule has 0 fully saturated rings. The Morgan fingerprint density at radius 2 is 2.19 bits per heavy atom. The van der Waals surface area contributed by atoms with Crippen LogP contribution in [0.1, 0.15) is 12.5 Å². The van der Waals surface area contributed by atoms with Gasteiger partial charge in [0.05, 0.1) is 5.02 Å². The molecule has 0 saturated heterocycles. The summed E-state index contributed by atoms with van der Waals surface area (Å²) in [5.41, 5.74) is 0.510. The third-order valence-electron chi connectivity index (χ3n) is 1.70. The Balaban J connectivity index is 2.77. The van der Waals surface area contributed by atoms with Crippen LogP contribution in [0.5, 0.6) is 0 Å². The van der Waals surface area contributed by atoms with Gasteiger partial charge in [0.15, 0.2) is 5.12 Å². The van der Waals surface area contributed by atoms with Crippen molar-refractivity contribution >= 4 is 46.2 Å². The zero-order chi connectivity index (χ0) is 12.1. The van der Waals surface area contributed by atoms with E-state index < -0.39 is 5.82 Å². The van der Waals surface area contributed by atoms with Crippen molar-refractivity contribution in [1.82, 2.24) is 0 Å². The highest BCUT2D eigenvalue weighted by Gasteiger charge is 2.05. The van der Waals surface area contributed by atoms with Crippen LogP contribution in [0.25, 0.3) is 6.08 Å². The van der Waals surface area contributed by atoms with Gasteiger partial charge < -0.3 is 0 Å². The summed E-state index contributed by atoms with van der Waals surface area (Å²) in [5, 5.41) is 0.363. The average molecular weight is 279 g/mol. The van der Waals surface area contributed by atoms with E-state index in [1.807, 2.05) is 0 Å². The second-order valence-corrected chi connectivity index (χ2v) is 5.01. The zero-order valence-electron chi connectivity index (χ0n) is 8.47. The molecule has 0 unspecified atom stereocenters. The number of hydrogen-bond acceptors (Lipinski definition) is 2. The van der Waals surface area contributed by atoms with Crippen LogP contribution < -0.4 is 0 Å². The normalized spacial score (nSPS) is 11.0.